The van der Waals surface area contributed by atoms with E-state index in [0.29, 0.717) is 18.0 Å². The molecule has 0 spiro atoms. The van der Waals surface area contributed by atoms with Gasteiger partial charge in [0.1, 0.15) is 5.75 Å². The van der Waals surface area contributed by atoms with Crippen molar-refractivity contribution >= 4 is 36.4 Å². The summed E-state index contributed by atoms with van der Waals surface area (Å²) in [6.45, 7) is 2.93. The van der Waals surface area contributed by atoms with E-state index in [2.05, 4.69) is 28.6 Å². The summed E-state index contributed by atoms with van der Waals surface area (Å²) < 4.78 is 5.73. The number of nitrogens with zero attached hydrogens (tertiary/aromatic N) is 1. The zero-order valence-electron chi connectivity index (χ0n) is 14.5. The lowest BCUT2D eigenvalue weighted by atomic mass is 10.2. The Kier molecular flexibility index (Phi) is 11.6. The predicted octanol–water partition coefficient (Wildman–Crippen LogP) is 4.22. The monoisotopic (exact) mass is 385 g/mol. The van der Waals surface area contributed by atoms with Crippen LogP contribution in [0.1, 0.15) is 25.3 Å². The normalized spacial score (nSPS) is 9.52. The first-order valence-corrected chi connectivity index (χ1v) is 7.88. The zero-order valence-corrected chi connectivity index (χ0v) is 16.1. The Morgan fingerprint density at radius 3 is 2.64 bits per heavy atom. The van der Waals surface area contributed by atoms with Crippen molar-refractivity contribution in [3.8, 4) is 11.6 Å². The molecule has 2 rings (SSSR count). The number of halogens is 2. The lowest BCUT2D eigenvalue weighted by Crippen LogP contribution is -2.15. The van der Waals surface area contributed by atoms with Crippen LogP contribution < -0.4 is 15.4 Å². The number of carbonyl (C=O) groups excluding carboxylic acids is 1. The van der Waals surface area contributed by atoms with E-state index in [0.717, 1.165) is 25.1 Å². The van der Waals surface area contributed by atoms with Crippen LogP contribution in [0, 0.1) is 0 Å². The van der Waals surface area contributed by atoms with Gasteiger partial charge in [0, 0.05) is 12.5 Å². The van der Waals surface area contributed by atoms with Gasteiger partial charge in [-0.15, -0.1) is 24.8 Å². The molecular weight excluding hydrogens is 361 g/mol. The van der Waals surface area contributed by atoms with Gasteiger partial charge in [0.25, 0.3) is 0 Å². The Bertz CT molecular complexity index is 636. The second kappa shape index (κ2) is 12.5. The molecule has 1 aromatic carbocycles. The summed E-state index contributed by atoms with van der Waals surface area (Å²) in [5, 5.41) is 5.84. The summed E-state index contributed by atoms with van der Waals surface area (Å²) >= 11 is 0. The number of rotatable bonds is 8. The van der Waals surface area contributed by atoms with Gasteiger partial charge in [0.15, 0.2) is 0 Å². The quantitative estimate of drug-likeness (QED) is 0.667. The zero-order chi connectivity index (χ0) is 16.5. The van der Waals surface area contributed by atoms with Crippen LogP contribution in [0.2, 0.25) is 0 Å². The molecule has 0 saturated heterocycles. The number of nitrogens with one attached hydrogen (secondary N) is 2. The molecule has 0 aliphatic rings. The fourth-order valence-corrected chi connectivity index (χ4v) is 2.11. The highest BCUT2D eigenvalue weighted by Crippen LogP contribution is 2.21. The predicted molar refractivity (Wildman–Crippen MR) is 106 cm³/mol. The van der Waals surface area contributed by atoms with Crippen LogP contribution in [-0.2, 0) is 11.2 Å². The average molecular weight is 386 g/mol. The van der Waals surface area contributed by atoms with E-state index in [1.165, 1.54) is 5.56 Å². The maximum absolute atomic E-state index is 11.7. The number of benzene rings is 1. The third-order valence-electron chi connectivity index (χ3n) is 3.38. The van der Waals surface area contributed by atoms with E-state index >= 15 is 0 Å². The van der Waals surface area contributed by atoms with E-state index in [1.807, 2.05) is 25.2 Å². The number of anilines is 1. The van der Waals surface area contributed by atoms with Gasteiger partial charge in [0.2, 0.25) is 11.8 Å². The summed E-state index contributed by atoms with van der Waals surface area (Å²) in [5.74, 6) is 1.26. The van der Waals surface area contributed by atoms with Gasteiger partial charge in [-0.2, -0.15) is 0 Å². The van der Waals surface area contributed by atoms with Gasteiger partial charge in [-0.3, -0.25) is 4.79 Å². The Labute approximate surface area is 161 Å². The number of ether oxygens (including phenoxy) is 1. The molecule has 0 unspecified atom stereocenters. The summed E-state index contributed by atoms with van der Waals surface area (Å²) in [6, 6.07) is 11.5. The van der Waals surface area contributed by atoms with Crippen molar-refractivity contribution in [1.29, 1.82) is 0 Å². The molecule has 0 radical (unpaired) electrons. The topological polar surface area (TPSA) is 63.2 Å². The number of hydrogen-bond donors (Lipinski definition) is 2. The minimum atomic E-state index is -0.00800. The van der Waals surface area contributed by atoms with Crippen molar-refractivity contribution in [1.82, 2.24) is 10.3 Å². The number of aromatic nitrogens is 1. The minimum absolute atomic E-state index is 0. The Morgan fingerprint density at radius 2 is 2.00 bits per heavy atom. The van der Waals surface area contributed by atoms with Crippen molar-refractivity contribution in [2.24, 2.45) is 0 Å². The SMILES string of the molecule is CCc1cccc(Oc2ccc(NC(=O)CCCNC)cn2)c1.Cl.Cl. The number of aryl methyl sites for hydroxylation is 1. The first kappa shape index (κ1) is 23.2. The van der Waals surface area contributed by atoms with E-state index < -0.39 is 0 Å². The van der Waals surface area contributed by atoms with E-state index in [4.69, 9.17) is 4.74 Å². The van der Waals surface area contributed by atoms with Gasteiger partial charge in [-0.25, -0.2) is 4.98 Å². The largest absolute Gasteiger partial charge is 0.439 e. The molecule has 0 fully saturated rings. The van der Waals surface area contributed by atoms with Crippen molar-refractivity contribution in [2.45, 2.75) is 26.2 Å². The molecule has 5 nitrogen and oxygen atoms in total. The standard InChI is InChI=1S/C18H23N3O2.2ClH/c1-3-14-6-4-7-16(12-14)23-18-10-9-15(13-20-18)21-17(22)8-5-11-19-2;;/h4,6-7,9-10,12-13,19H,3,5,8,11H2,1-2H3,(H,21,22);2*1H. The second-order valence-electron chi connectivity index (χ2n) is 5.24. The van der Waals surface area contributed by atoms with Crippen LogP contribution in [0.15, 0.2) is 42.6 Å². The number of carbonyl (C=O) groups is 1. The smallest absolute Gasteiger partial charge is 0.224 e. The summed E-state index contributed by atoms with van der Waals surface area (Å²) in [4.78, 5) is 16.0. The van der Waals surface area contributed by atoms with Crippen molar-refractivity contribution in [3.05, 3.63) is 48.2 Å². The average Bonchev–Trinajstić information content (AvgIpc) is 2.57. The maximum Gasteiger partial charge on any atom is 0.224 e. The number of pyridine rings is 1. The number of hydrogen-bond acceptors (Lipinski definition) is 4. The first-order chi connectivity index (χ1) is 11.2. The molecular formula is C18H25Cl2N3O2. The summed E-state index contributed by atoms with van der Waals surface area (Å²) in [6.07, 6.45) is 3.87. The molecule has 7 heteroatoms. The van der Waals surface area contributed by atoms with Crippen LogP contribution >= 0.6 is 24.8 Å². The molecule has 0 aliphatic carbocycles. The van der Waals surface area contributed by atoms with E-state index in [9.17, 15) is 4.79 Å². The van der Waals surface area contributed by atoms with Gasteiger partial charge < -0.3 is 15.4 Å². The Hall–Kier alpha value is -1.82. The molecule has 0 aliphatic heterocycles. The van der Waals surface area contributed by atoms with Gasteiger partial charge in [0.05, 0.1) is 11.9 Å². The van der Waals surface area contributed by atoms with Crippen LogP contribution in [-0.4, -0.2) is 24.5 Å². The van der Waals surface area contributed by atoms with Crippen LogP contribution in [0.4, 0.5) is 5.69 Å². The van der Waals surface area contributed by atoms with Gasteiger partial charge in [-0.05, 0) is 50.2 Å². The molecule has 0 saturated carbocycles. The number of amides is 1. The Balaban J connectivity index is 0.00000288. The van der Waals surface area contributed by atoms with E-state index in [1.54, 1.807) is 18.3 Å². The highest BCUT2D eigenvalue weighted by atomic mass is 35.5. The minimum Gasteiger partial charge on any atom is -0.439 e. The van der Waals surface area contributed by atoms with Crippen LogP contribution in [0.25, 0.3) is 0 Å². The highest BCUT2D eigenvalue weighted by molar-refractivity contribution is 5.90. The van der Waals surface area contributed by atoms with Gasteiger partial charge in [-0.1, -0.05) is 19.1 Å². The fraction of sp³-hybridized carbons (Fsp3) is 0.333. The molecule has 0 atom stereocenters. The van der Waals surface area contributed by atoms with Crippen molar-refractivity contribution in [2.75, 3.05) is 18.9 Å². The second-order valence-corrected chi connectivity index (χ2v) is 5.24. The molecule has 0 bridgehead atoms. The van der Waals surface area contributed by atoms with Gasteiger partial charge >= 0.3 is 0 Å². The molecule has 138 valence electrons. The van der Waals surface area contributed by atoms with Crippen LogP contribution in [0.5, 0.6) is 11.6 Å². The molecule has 25 heavy (non-hydrogen) atoms. The van der Waals surface area contributed by atoms with E-state index in [-0.39, 0.29) is 30.7 Å². The lowest BCUT2D eigenvalue weighted by molar-refractivity contribution is -0.116. The highest BCUT2D eigenvalue weighted by Gasteiger charge is 2.04. The molecule has 2 aromatic rings. The fourth-order valence-electron chi connectivity index (χ4n) is 2.11. The van der Waals surface area contributed by atoms with Crippen molar-refractivity contribution in [3.63, 3.8) is 0 Å². The molecule has 1 heterocycles. The first-order valence-electron chi connectivity index (χ1n) is 7.88. The third-order valence-corrected chi connectivity index (χ3v) is 3.38. The van der Waals surface area contributed by atoms with Crippen LogP contribution in [0.3, 0.4) is 0 Å². The maximum atomic E-state index is 11.7. The third kappa shape index (κ3) is 8.20. The molecule has 1 aromatic heterocycles. The summed E-state index contributed by atoms with van der Waals surface area (Å²) in [5.41, 5.74) is 1.89. The Morgan fingerprint density at radius 1 is 1.20 bits per heavy atom. The molecule has 2 N–H and O–H groups in total. The summed E-state index contributed by atoms with van der Waals surface area (Å²) in [7, 11) is 1.87. The lowest BCUT2D eigenvalue weighted by Gasteiger charge is -2.08. The molecule has 1 amide bonds. The van der Waals surface area contributed by atoms with Crippen molar-refractivity contribution < 1.29 is 9.53 Å².